The van der Waals surface area contributed by atoms with Crippen LogP contribution < -0.4 is 0 Å². The molecule has 0 aliphatic heterocycles. The summed E-state index contributed by atoms with van der Waals surface area (Å²) in [7, 11) is 3.28. The lowest BCUT2D eigenvalue weighted by molar-refractivity contribution is -0.141. The third kappa shape index (κ3) is 4.75. The third-order valence-corrected chi connectivity index (χ3v) is 2.15. The summed E-state index contributed by atoms with van der Waals surface area (Å²) in [6.07, 6.45) is 4.06. The van der Waals surface area contributed by atoms with Crippen molar-refractivity contribution in [1.82, 2.24) is 4.90 Å². The van der Waals surface area contributed by atoms with E-state index in [4.69, 9.17) is 0 Å². The molecule has 0 heterocycles. The lowest BCUT2D eigenvalue weighted by atomic mass is 10.2. The lowest BCUT2D eigenvalue weighted by Crippen LogP contribution is -2.26. The Hall–Kier alpha value is -1.61. The van der Waals surface area contributed by atoms with Crippen LogP contribution in [0, 0.1) is 0 Å². The van der Waals surface area contributed by atoms with Gasteiger partial charge in [-0.15, -0.1) is 0 Å². The van der Waals surface area contributed by atoms with Crippen molar-refractivity contribution >= 4 is 12.0 Å². The summed E-state index contributed by atoms with van der Waals surface area (Å²) in [5.41, 5.74) is 1.16. The average Bonchev–Trinajstić information content (AvgIpc) is 2.30. The van der Waals surface area contributed by atoms with Gasteiger partial charge in [0.15, 0.2) is 0 Å². The SMILES string of the molecule is COC(=O)CN(C)CC=Cc1ccccc1. The largest absolute Gasteiger partial charge is 0.468 e. The van der Waals surface area contributed by atoms with Gasteiger partial charge >= 0.3 is 5.97 Å². The first-order valence-corrected chi connectivity index (χ1v) is 5.19. The fourth-order valence-corrected chi connectivity index (χ4v) is 1.28. The van der Waals surface area contributed by atoms with Crippen LogP contribution in [0.2, 0.25) is 0 Å². The van der Waals surface area contributed by atoms with Crippen molar-refractivity contribution in [3.63, 3.8) is 0 Å². The van der Waals surface area contributed by atoms with Crippen molar-refractivity contribution in [2.24, 2.45) is 0 Å². The minimum absolute atomic E-state index is 0.212. The molecule has 16 heavy (non-hydrogen) atoms. The number of rotatable bonds is 5. The van der Waals surface area contributed by atoms with E-state index in [1.807, 2.05) is 54.4 Å². The number of hydrogen-bond acceptors (Lipinski definition) is 3. The summed E-state index contributed by atoms with van der Waals surface area (Å²) in [5.74, 6) is -0.212. The van der Waals surface area contributed by atoms with Gasteiger partial charge in [0, 0.05) is 6.54 Å². The van der Waals surface area contributed by atoms with E-state index in [2.05, 4.69) is 4.74 Å². The number of ether oxygens (including phenoxy) is 1. The monoisotopic (exact) mass is 219 g/mol. The molecular formula is C13H17NO2. The van der Waals surface area contributed by atoms with Crippen LogP contribution in [0.5, 0.6) is 0 Å². The molecule has 0 saturated carbocycles. The van der Waals surface area contributed by atoms with E-state index >= 15 is 0 Å². The highest BCUT2D eigenvalue weighted by Crippen LogP contribution is 2.00. The Morgan fingerprint density at radius 2 is 2.06 bits per heavy atom. The molecule has 0 atom stereocenters. The van der Waals surface area contributed by atoms with Crippen molar-refractivity contribution < 1.29 is 9.53 Å². The summed E-state index contributed by atoms with van der Waals surface area (Å²) in [6, 6.07) is 10.1. The molecule has 0 spiro atoms. The molecule has 1 aromatic rings. The van der Waals surface area contributed by atoms with Gasteiger partial charge < -0.3 is 4.74 Å². The highest BCUT2D eigenvalue weighted by molar-refractivity contribution is 5.71. The predicted octanol–water partition coefficient (Wildman–Crippen LogP) is 1.80. The summed E-state index contributed by atoms with van der Waals surface area (Å²) in [5, 5.41) is 0. The zero-order valence-electron chi connectivity index (χ0n) is 9.72. The molecule has 3 heteroatoms. The lowest BCUT2D eigenvalue weighted by Gasteiger charge is -2.11. The van der Waals surface area contributed by atoms with Crippen molar-refractivity contribution in [3.05, 3.63) is 42.0 Å². The Labute approximate surface area is 96.3 Å². The molecule has 1 rings (SSSR count). The Bertz CT molecular complexity index is 346. The first-order chi connectivity index (χ1) is 7.72. The zero-order valence-corrected chi connectivity index (χ0v) is 9.72. The van der Waals surface area contributed by atoms with Gasteiger partial charge in [0.1, 0.15) is 0 Å². The first-order valence-electron chi connectivity index (χ1n) is 5.19. The summed E-state index contributed by atoms with van der Waals surface area (Å²) in [4.78, 5) is 12.9. The Kier molecular flexibility index (Phi) is 5.29. The molecule has 0 fully saturated rings. The van der Waals surface area contributed by atoms with E-state index in [-0.39, 0.29) is 5.97 Å². The van der Waals surface area contributed by atoms with Crippen molar-refractivity contribution in [2.45, 2.75) is 0 Å². The number of esters is 1. The Morgan fingerprint density at radius 3 is 2.69 bits per heavy atom. The topological polar surface area (TPSA) is 29.5 Å². The van der Waals surface area contributed by atoms with Crippen molar-refractivity contribution in [3.8, 4) is 0 Å². The van der Waals surface area contributed by atoms with Crippen LogP contribution >= 0.6 is 0 Å². The number of likely N-dealkylation sites (N-methyl/N-ethyl adjacent to an activating group) is 1. The van der Waals surface area contributed by atoms with Crippen LogP contribution in [0.25, 0.3) is 6.08 Å². The normalized spacial score (nSPS) is 10.9. The van der Waals surface area contributed by atoms with Crippen LogP contribution in [-0.2, 0) is 9.53 Å². The number of benzene rings is 1. The molecule has 0 unspecified atom stereocenters. The van der Waals surface area contributed by atoms with Gasteiger partial charge in [-0.05, 0) is 12.6 Å². The molecule has 0 aromatic heterocycles. The molecule has 0 radical (unpaired) electrons. The highest BCUT2D eigenvalue weighted by Gasteiger charge is 2.03. The van der Waals surface area contributed by atoms with E-state index in [0.717, 1.165) is 12.1 Å². The van der Waals surface area contributed by atoms with Crippen LogP contribution in [0.15, 0.2) is 36.4 Å². The molecule has 0 saturated heterocycles. The van der Waals surface area contributed by atoms with Crippen LogP contribution in [0.3, 0.4) is 0 Å². The van der Waals surface area contributed by atoms with Gasteiger partial charge in [-0.3, -0.25) is 9.69 Å². The molecule has 0 aliphatic rings. The minimum Gasteiger partial charge on any atom is -0.468 e. The molecule has 0 amide bonds. The maximum atomic E-state index is 11.0. The average molecular weight is 219 g/mol. The second-order valence-corrected chi connectivity index (χ2v) is 3.59. The number of carbonyl (C=O) groups excluding carboxylic acids is 1. The fraction of sp³-hybridized carbons (Fsp3) is 0.308. The van der Waals surface area contributed by atoms with E-state index in [1.54, 1.807) is 0 Å². The quantitative estimate of drug-likeness (QED) is 0.707. The molecular weight excluding hydrogens is 202 g/mol. The number of hydrogen-bond donors (Lipinski definition) is 0. The second kappa shape index (κ2) is 6.80. The maximum absolute atomic E-state index is 11.0. The standard InChI is InChI=1S/C13H17NO2/c1-14(11-13(15)16-2)10-6-9-12-7-4-3-5-8-12/h3-9H,10-11H2,1-2H3. The number of methoxy groups -OCH3 is 1. The number of carbonyl (C=O) groups is 1. The van der Waals surface area contributed by atoms with Crippen molar-refractivity contribution in [1.29, 1.82) is 0 Å². The zero-order chi connectivity index (χ0) is 11.8. The summed E-state index contributed by atoms with van der Waals surface area (Å²) in [6.45, 7) is 1.04. The Balaban J connectivity index is 2.34. The molecule has 1 aromatic carbocycles. The molecule has 3 nitrogen and oxygen atoms in total. The second-order valence-electron chi connectivity index (χ2n) is 3.59. The highest BCUT2D eigenvalue weighted by atomic mass is 16.5. The van der Waals surface area contributed by atoms with Gasteiger partial charge in [0.2, 0.25) is 0 Å². The first kappa shape index (κ1) is 12.5. The summed E-state index contributed by atoms with van der Waals surface area (Å²) >= 11 is 0. The number of nitrogens with zero attached hydrogens (tertiary/aromatic N) is 1. The maximum Gasteiger partial charge on any atom is 0.319 e. The van der Waals surface area contributed by atoms with Crippen molar-refractivity contribution in [2.75, 3.05) is 27.2 Å². The molecule has 0 bridgehead atoms. The van der Waals surface area contributed by atoms with Gasteiger partial charge in [-0.2, -0.15) is 0 Å². The van der Waals surface area contributed by atoms with E-state index in [0.29, 0.717) is 6.54 Å². The van der Waals surface area contributed by atoms with Gasteiger partial charge in [0.05, 0.1) is 13.7 Å². The van der Waals surface area contributed by atoms with E-state index in [1.165, 1.54) is 7.11 Å². The fourth-order valence-electron chi connectivity index (χ4n) is 1.28. The molecule has 0 N–H and O–H groups in total. The summed E-state index contributed by atoms with van der Waals surface area (Å²) < 4.78 is 4.58. The van der Waals surface area contributed by atoms with Gasteiger partial charge in [-0.25, -0.2) is 0 Å². The van der Waals surface area contributed by atoms with E-state index < -0.39 is 0 Å². The minimum atomic E-state index is -0.212. The van der Waals surface area contributed by atoms with E-state index in [9.17, 15) is 4.79 Å². The smallest absolute Gasteiger partial charge is 0.319 e. The molecule has 0 aliphatic carbocycles. The predicted molar refractivity (Wildman–Crippen MR) is 65.0 cm³/mol. The Morgan fingerprint density at radius 1 is 1.38 bits per heavy atom. The van der Waals surface area contributed by atoms with Gasteiger partial charge in [-0.1, -0.05) is 42.5 Å². The van der Waals surface area contributed by atoms with Crippen LogP contribution in [0.1, 0.15) is 5.56 Å². The van der Waals surface area contributed by atoms with Crippen LogP contribution in [0.4, 0.5) is 0 Å². The van der Waals surface area contributed by atoms with Crippen LogP contribution in [-0.4, -0.2) is 38.1 Å². The van der Waals surface area contributed by atoms with Gasteiger partial charge in [0.25, 0.3) is 0 Å². The third-order valence-electron chi connectivity index (χ3n) is 2.15. The molecule has 86 valence electrons.